The van der Waals surface area contributed by atoms with Gasteiger partial charge in [0, 0.05) is 205 Å². The molecule has 18 aliphatic heterocycles. The molecule has 6 aromatic heterocycles. The van der Waals surface area contributed by atoms with Gasteiger partial charge in [-0.3, -0.25) is 29.4 Å². The van der Waals surface area contributed by atoms with Gasteiger partial charge < -0.3 is 46.6 Å². The molecule has 0 radical (unpaired) electrons. The van der Waals surface area contributed by atoms with E-state index >= 15 is 0 Å². The number of furan rings is 6. The number of nitrogens with zero attached hydrogens (tertiary/aromatic N) is 6. The maximum absolute atomic E-state index is 10.3. The van der Waals surface area contributed by atoms with Crippen LogP contribution in [-0.2, 0) is 38.5 Å². The molecule has 16 heteroatoms. The topological polar surface area (TPSA) is 168 Å². The Balaban J connectivity index is 0.0000000864. The smallest absolute Gasteiger partial charge is 0.176 e. The van der Waals surface area contributed by atoms with E-state index in [1.165, 1.54) is 288 Å². The van der Waals surface area contributed by atoms with Crippen molar-refractivity contribution in [3.63, 3.8) is 0 Å². The van der Waals surface area contributed by atoms with Crippen molar-refractivity contribution in [2.45, 2.75) is 295 Å². The van der Waals surface area contributed by atoms with E-state index in [2.05, 4.69) is 140 Å². The van der Waals surface area contributed by atoms with Crippen LogP contribution in [0.15, 0.2) is 124 Å². The number of para-hydroxylation sites is 2. The minimum atomic E-state index is 0.287. The Morgan fingerprint density at radius 3 is 0.993 bits per heavy atom. The molecule has 6 aliphatic carbocycles. The molecule has 24 bridgehead atoms. The maximum Gasteiger partial charge on any atom is 0.176 e. The number of hydrogen-bond acceptors (Lipinski definition) is 16. The fourth-order valence-corrected chi connectivity index (χ4v) is 34.0. The third-order valence-corrected chi connectivity index (χ3v) is 39.6. The minimum absolute atomic E-state index is 0.287. The van der Waals surface area contributed by atoms with Crippen molar-refractivity contribution < 1.29 is 46.6 Å². The molecule has 30 unspecified atom stereocenters. The summed E-state index contributed by atoms with van der Waals surface area (Å²) in [7, 11) is 1.77. The van der Waals surface area contributed by atoms with Gasteiger partial charge in [0.05, 0.1) is 17.9 Å². The van der Waals surface area contributed by atoms with Gasteiger partial charge in [0.2, 0.25) is 0 Å². The highest BCUT2D eigenvalue weighted by molar-refractivity contribution is 5.92. The first-order valence-electron chi connectivity index (χ1n) is 54.2. The number of aromatic hydroxyl groups is 3. The second-order valence-corrected chi connectivity index (χ2v) is 46.4. The summed E-state index contributed by atoms with van der Waals surface area (Å²) in [6.45, 7) is 37.5. The second-order valence-electron chi connectivity index (χ2n) is 46.4. The van der Waals surface area contributed by atoms with Crippen molar-refractivity contribution in [3.05, 3.63) is 187 Å². The first-order chi connectivity index (χ1) is 65.9. The molecule has 36 rings (SSSR count). The highest BCUT2D eigenvalue weighted by Gasteiger charge is 2.57. The molecule has 30 atom stereocenters. The normalized spacial score (nSPS) is 35.8. The number of phenolic OH excluding ortho intramolecular Hbond substituents is 3. The van der Waals surface area contributed by atoms with Gasteiger partial charge >= 0.3 is 0 Å². The summed E-state index contributed by atoms with van der Waals surface area (Å²) in [5.41, 5.74) is 19.2. The van der Waals surface area contributed by atoms with Gasteiger partial charge in [0.25, 0.3) is 0 Å². The van der Waals surface area contributed by atoms with Gasteiger partial charge in [-0.1, -0.05) is 123 Å². The van der Waals surface area contributed by atoms with Crippen LogP contribution in [0.4, 0.5) is 0 Å². The van der Waals surface area contributed by atoms with E-state index in [1.807, 2.05) is 43.3 Å². The van der Waals surface area contributed by atoms with Crippen LogP contribution in [0.5, 0.6) is 23.0 Å². The predicted molar refractivity (Wildman–Crippen MR) is 538 cm³/mol. The lowest BCUT2D eigenvalue weighted by Gasteiger charge is -2.52. The number of methoxy groups -OCH3 is 1. The van der Waals surface area contributed by atoms with Crippen LogP contribution in [0.2, 0.25) is 0 Å². The lowest BCUT2D eigenvalue weighted by atomic mass is 9.65. The predicted octanol–water partition coefficient (Wildman–Crippen LogP) is 25.5. The molecule has 24 aliphatic rings. The van der Waals surface area contributed by atoms with Crippen molar-refractivity contribution >= 4 is 65.8 Å². The molecule has 16 nitrogen and oxygen atoms in total. The van der Waals surface area contributed by atoms with Crippen LogP contribution < -0.4 is 4.74 Å². The summed E-state index contributed by atoms with van der Waals surface area (Å²) in [5.74, 6) is 23.2. The van der Waals surface area contributed by atoms with Crippen molar-refractivity contribution in [1.82, 2.24) is 29.4 Å². The minimum Gasteiger partial charge on any atom is -0.508 e. The lowest BCUT2D eigenvalue weighted by molar-refractivity contribution is -0.0169. The molecular weight excluding hydrogens is 1670 g/mol. The van der Waals surface area contributed by atoms with Crippen LogP contribution in [0.25, 0.3) is 65.8 Å². The number of fused-ring (bicyclic) bond motifs is 24. The molecule has 135 heavy (non-hydrogen) atoms. The van der Waals surface area contributed by atoms with Crippen LogP contribution >= 0.6 is 0 Å². The zero-order chi connectivity index (χ0) is 91.5. The van der Waals surface area contributed by atoms with E-state index < -0.39 is 0 Å². The Bertz CT molecular complexity index is 6200. The first kappa shape index (κ1) is 88.0. The zero-order valence-corrected chi connectivity index (χ0v) is 82.4. The summed E-state index contributed by atoms with van der Waals surface area (Å²) in [6, 6.07) is 37.0. The summed E-state index contributed by atoms with van der Waals surface area (Å²) >= 11 is 0. The maximum atomic E-state index is 10.3. The van der Waals surface area contributed by atoms with Crippen LogP contribution in [0.1, 0.15) is 283 Å². The Morgan fingerprint density at radius 1 is 0.281 bits per heavy atom. The van der Waals surface area contributed by atoms with Gasteiger partial charge in [-0.05, 0) is 291 Å². The monoisotopic (exact) mass is 1820 g/mol. The summed E-state index contributed by atoms with van der Waals surface area (Å²) in [6.07, 6.45) is 30.7. The standard InChI is InChI=1S/C21H27NO.2C20H25NO2.C20H25NO.2C19H23NO2/c1-4-15-9-14-10-18-20(15)22(11-14)6-5-16-17-7-12(2)13(3)8-19(17)23-21(16)18;1-3-13-7-12-8-16-19(13)21(10-12)5-4-14-15-9-17(22)11(2)6-18(15)23-20(14)16;1-3-13-9-12-10-15-19(13)21(11-12)8-7-14-18-16(22-2)5-4-6-17(18)23-20(14)15;1-3-14-9-13-10-17-18(14)21(11-13)8-7-16-15-6-4-5-12(2)19(15)22-20(16)17;1-2-12-8-11-9-14-18(12)20(10-11)7-6-13-17-15(21)4-3-5-16(17)22-19(13)14;1-2-12-8-11-9-15-17(12)20(10-11)7-6-14-13-4-3-5-16(21)19(13)22-18(14)15/h7-8,14-15,18,20H,4-6,9-11H2,1-3H3;6,9,12-13,16,19,22H,3-5,7-8,10H2,1-2H3;4-6,12-13,15,19H,3,7-11H2,1-2H3;4-6,13-14,17-18H,3,7-11H2,1-2H3;3-5,11-12,14,18,21H,2,6-10H2,1H3;3-5,11-12,15,17,21H,2,6-10H2,1H3. The van der Waals surface area contributed by atoms with Gasteiger partial charge in [0.1, 0.15) is 79.7 Å². The summed E-state index contributed by atoms with van der Waals surface area (Å²) in [5, 5.41) is 37.8. The molecule has 0 amide bonds. The van der Waals surface area contributed by atoms with Gasteiger partial charge in [-0.2, -0.15) is 0 Å². The number of aryl methyl sites for hydroxylation is 4. The average Bonchev–Trinajstić information content (AvgIpc) is 1.60. The number of hydrogen-bond donors (Lipinski definition) is 3. The largest absolute Gasteiger partial charge is 0.508 e. The van der Waals surface area contributed by atoms with Crippen molar-refractivity contribution in [1.29, 1.82) is 0 Å². The molecule has 6 saturated carbocycles. The van der Waals surface area contributed by atoms with E-state index in [-0.39, 0.29) is 5.75 Å². The van der Waals surface area contributed by atoms with E-state index in [4.69, 9.17) is 31.2 Å². The highest BCUT2D eigenvalue weighted by atomic mass is 16.5. The molecule has 714 valence electrons. The number of rotatable bonds is 7. The molecular formula is C119H148N6O10. The van der Waals surface area contributed by atoms with Gasteiger partial charge in [0.15, 0.2) is 11.3 Å². The lowest BCUT2D eigenvalue weighted by Crippen LogP contribution is -2.56. The fourth-order valence-electron chi connectivity index (χ4n) is 34.0. The first-order valence-corrected chi connectivity index (χ1v) is 54.2. The molecule has 6 aromatic carbocycles. The van der Waals surface area contributed by atoms with Crippen LogP contribution in [0, 0.1) is 98.7 Å². The average molecular weight is 1820 g/mol. The quantitative estimate of drug-likeness (QED) is 0.138. The number of phenols is 3. The second kappa shape index (κ2) is 34.8. The SMILES string of the molecule is CCC1CC2CC3c4oc5c(C)cccc5c4CCN(C2)C13.CCC1CC2CC3c4oc5c(O)cccc5c4CCN(C2)C13.CCC1CC2CC3c4oc5cc(C)c(C)cc5c4CCN(C2)C13.CCC1CC2CC3c4oc5cc(C)c(O)cc5c4CCN(C2)C13.CCC1CC2CC3c4oc5cccc(O)c5c4CCN(C2)C13.CCC1CC2CC3c4oc5cccc(OC)c5c4CCN(C2)C13. The summed E-state index contributed by atoms with van der Waals surface area (Å²) in [4.78, 5) is 16.6. The zero-order valence-electron chi connectivity index (χ0n) is 82.4. The van der Waals surface area contributed by atoms with Gasteiger partial charge in [-0.15, -0.1) is 0 Å². The van der Waals surface area contributed by atoms with E-state index in [0.717, 1.165) is 184 Å². The Labute approximate surface area is 798 Å². The van der Waals surface area contributed by atoms with Gasteiger partial charge in [-0.25, -0.2) is 0 Å². The third-order valence-electron chi connectivity index (χ3n) is 39.6. The molecule has 12 aromatic rings. The highest BCUT2D eigenvalue weighted by Crippen LogP contribution is 2.61. The third kappa shape index (κ3) is 14.5. The Kier molecular flexibility index (Phi) is 22.7. The summed E-state index contributed by atoms with van der Waals surface area (Å²) < 4.78 is 44.0. The molecule has 3 N–H and O–H groups in total. The molecule has 18 fully saturated rings. The number of piperidine rings is 12. The van der Waals surface area contributed by atoms with E-state index in [0.29, 0.717) is 76.8 Å². The molecule has 12 saturated heterocycles. The fraction of sp³-hybridized carbons (Fsp3) is 0.597. The van der Waals surface area contributed by atoms with Crippen LogP contribution in [-0.4, -0.2) is 167 Å². The van der Waals surface area contributed by atoms with Crippen molar-refractivity contribution in [3.8, 4) is 23.0 Å². The Hall–Kier alpha value is -8.48. The van der Waals surface area contributed by atoms with E-state index in [9.17, 15) is 15.3 Å². The molecule has 24 heterocycles. The van der Waals surface area contributed by atoms with Crippen molar-refractivity contribution in [2.75, 3.05) is 85.6 Å². The van der Waals surface area contributed by atoms with Crippen molar-refractivity contribution in [2.24, 2.45) is 71.0 Å². The Morgan fingerprint density at radius 2 is 0.585 bits per heavy atom. The molecule has 0 spiro atoms. The number of ether oxygens (including phenoxy) is 1. The number of benzene rings is 6. The van der Waals surface area contributed by atoms with E-state index in [1.54, 1.807) is 19.2 Å². The van der Waals surface area contributed by atoms with Crippen LogP contribution in [0.3, 0.4) is 0 Å².